The number of hydrogen-bond acceptors (Lipinski definition) is 1. The average Bonchev–Trinajstić information content (AvgIpc) is 2.11. The minimum absolute atomic E-state index is 0. The third kappa shape index (κ3) is 15.9. The maximum absolute atomic E-state index is 9.17. The van der Waals surface area contributed by atoms with Gasteiger partial charge in [0.15, 0.2) is 0 Å². The molecule has 5 heteroatoms. The van der Waals surface area contributed by atoms with Crippen molar-refractivity contribution >= 4 is 22.2 Å². The van der Waals surface area contributed by atoms with Gasteiger partial charge in [-0.05, 0) is 19.1 Å². The van der Waals surface area contributed by atoms with E-state index in [4.69, 9.17) is 0 Å². The summed E-state index contributed by atoms with van der Waals surface area (Å²) in [5.74, 6) is 0. The van der Waals surface area contributed by atoms with E-state index in [1.807, 2.05) is 19.1 Å². The van der Waals surface area contributed by atoms with Gasteiger partial charge in [-0.25, -0.2) is 0 Å². The summed E-state index contributed by atoms with van der Waals surface area (Å²) in [7, 11) is 0. The van der Waals surface area contributed by atoms with Gasteiger partial charge in [-0.15, -0.1) is 0 Å². The van der Waals surface area contributed by atoms with Crippen molar-refractivity contribution in [3.05, 3.63) is 34.3 Å². The van der Waals surface area contributed by atoms with E-state index in [2.05, 4.69) is 35.0 Å². The number of aryl methyl sites for hydroxylation is 1. The molecule has 0 aromatic heterocycles. The van der Waals surface area contributed by atoms with Crippen molar-refractivity contribution in [3.63, 3.8) is 0 Å². The van der Waals surface area contributed by atoms with E-state index in [1.165, 1.54) is 5.56 Å². The standard InChI is InChI=1S/C7H7Br.C3H6O.3FH/c1-6-2-4-7(8)5-3-6;1-2-3-4;;;/h2-5H,1H3;3H,2H2,1H3;3*1H. The van der Waals surface area contributed by atoms with Crippen LogP contribution in [0.4, 0.5) is 14.1 Å². The van der Waals surface area contributed by atoms with Crippen molar-refractivity contribution in [2.24, 2.45) is 0 Å². The van der Waals surface area contributed by atoms with Gasteiger partial charge in [0.05, 0.1) is 0 Å². The number of aldehydes is 1. The smallest absolute Gasteiger partial charge is 0.119 e. The molecule has 0 atom stereocenters. The normalized spacial score (nSPS) is 6.60. The molecule has 0 radical (unpaired) electrons. The second kappa shape index (κ2) is 15.6. The maximum atomic E-state index is 9.17. The van der Waals surface area contributed by atoms with E-state index in [0.717, 1.165) is 10.8 Å². The van der Waals surface area contributed by atoms with E-state index >= 15 is 0 Å². The van der Waals surface area contributed by atoms with Gasteiger partial charge in [-0.3, -0.25) is 14.1 Å². The first kappa shape index (κ1) is 23.8. The molecule has 1 aromatic carbocycles. The van der Waals surface area contributed by atoms with Gasteiger partial charge in [0.1, 0.15) is 6.29 Å². The summed E-state index contributed by atoms with van der Waals surface area (Å²) in [5.41, 5.74) is 1.30. The van der Waals surface area contributed by atoms with E-state index < -0.39 is 0 Å². The monoisotopic (exact) mass is 288 g/mol. The Morgan fingerprint density at radius 3 is 1.67 bits per heavy atom. The van der Waals surface area contributed by atoms with E-state index in [0.29, 0.717) is 6.42 Å². The van der Waals surface area contributed by atoms with Crippen LogP contribution in [0, 0.1) is 6.92 Å². The molecule has 1 rings (SSSR count). The molecule has 1 aromatic rings. The Bertz CT molecular complexity index is 206. The lowest BCUT2D eigenvalue weighted by molar-refractivity contribution is -0.107. The van der Waals surface area contributed by atoms with Gasteiger partial charge < -0.3 is 4.79 Å². The molecular formula is C10H16BrF3O. The van der Waals surface area contributed by atoms with Crippen molar-refractivity contribution in [1.82, 2.24) is 0 Å². The second-order valence-electron chi connectivity index (χ2n) is 2.37. The minimum Gasteiger partial charge on any atom is -0.303 e. The zero-order valence-corrected chi connectivity index (χ0v) is 10.2. The molecule has 0 fully saturated rings. The van der Waals surface area contributed by atoms with Crippen molar-refractivity contribution in [2.45, 2.75) is 20.3 Å². The predicted molar refractivity (Wildman–Crippen MR) is 62.7 cm³/mol. The molecule has 0 aliphatic carbocycles. The van der Waals surface area contributed by atoms with Crippen LogP contribution in [-0.4, -0.2) is 6.29 Å². The fraction of sp³-hybridized carbons (Fsp3) is 0.300. The molecule has 0 saturated carbocycles. The summed E-state index contributed by atoms with van der Waals surface area (Å²) in [4.78, 5) is 9.17. The van der Waals surface area contributed by atoms with Crippen LogP contribution in [0.25, 0.3) is 0 Å². The largest absolute Gasteiger partial charge is 0.303 e. The lowest BCUT2D eigenvalue weighted by Crippen LogP contribution is -1.66. The van der Waals surface area contributed by atoms with E-state index in [9.17, 15) is 4.79 Å². The summed E-state index contributed by atoms with van der Waals surface area (Å²) >= 11 is 3.35. The fourth-order valence-corrected chi connectivity index (χ4v) is 0.798. The minimum atomic E-state index is 0. The highest BCUT2D eigenvalue weighted by molar-refractivity contribution is 9.10. The molecule has 0 saturated heterocycles. The molecular weight excluding hydrogens is 273 g/mol. The van der Waals surface area contributed by atoms with Crippen molar-refractivity contribution in [3.8, 4) is 0 Å². The zero-order chi connectivity index (χ0) is 9.40. The fourth-order valence-electron chi connectivity index (χ4n) is 0.533. The van der Waals surface area contributed by atoms with Crippen LogP contribution >= 0.6 is 15.9 Å². The number of halogens is 4. The summed E-state index contributed by atoms with van der Waals surface area (Å²) < 4.78 is 1.14. The molecule has 0 amide bonds. The highest BCUT2D eigenvalue weighted by Crippen LogP contribution is 2.08. The zero-order valence-electron chi connectivity index (χ0n) is 8.60. The quantitative estimate of drug-likeness (QED) is 0.718. The predicted octanol–water partition coefficient (Wildman–Crippen LogP) is 3.81. The number of benzene rings is 1. The number of carbonyl (C=O) groups is 1. The van der Waals surface area contributed by atoms with Gasteiger partial charge in [-0.2, -0.15) is 0 Å². The summed E-state index contributed by atoms with van der Waals surface area (Å²) in [6.07, 6.45) is 1.51. The summed E-state index contributed by atoms with van der Waals surface area (Å²) in [6, 6.07) is 8.22. The topological polar surface area (TPSA) is 17.1 Å². The molecule has 15 heavy (non-hydrogen) atoms. The van der Waals surface area contributed by atoms with E-state index in [1.54, 1.807) is 0 Å². The Morgan fingerprint density at radius 1 is 1.13 bits per heavy atom. The molecule has 0 spiro atoms. The second-order valence-corrected chi connectivity index (χ2v) is 3.29. The van der Waals surface area contributed by atoms with Crippen LogP contribution in [-0.2, 0) is 4.79 Å². The summed E-state index contributed by atoms with van der Waals surface area (Å²) in [5, 5.41) is 0. The molecule has 0 bridgehead atoms. The highest BCUT2D eigenvalue weighted by atomic mass is 79.9. The number of hydrogen-bond donors (Lipinski definition) is 0. The highest BCUT2D eigenvalue weighted by Gasteiger charge is 1.81. The third-order valence-electron chi connectivity index (χ3n) is 1.18. The maximum Gasteiger partial charge on any atom is 0.119 e. The van der Waals surface area contributed by atoms with Crippen molar-refractivity contribution in [2.75, 3.05) is 0 Å². The first-order valence-electron chi connectivity index (χ1n) is 3.86. The molecule has 0 aliphatic rings. The van der Waals surface area contributed by atoms with Gasteiger partial charge in [-0.1, -0.05) is 40.5 Å². The van der Waals surface area contributed by atoms with Crippen molar-refractivity contribution < 1.29 is 18.9 Å². The van der Waals surface area contributed by atoms with Crippen LogP contribution < -0.4 is 0 Å². The van der Waals surface area contributed by atoms with Crippen LogP contribution in [0.15, 0.2) is 28.7 Å². The lowest BCUT2D eigenvalue weighted by Gasteiger charge is -1.88. The number of rotatable bonds is 1. The average molecular weight is 289 g/mol. The van der Waals surface area contributed by atoms with Crippen LogP contribution in [0.2, 0.25) is 0 Å². The van der Waals surface area contributed by atoms with Crippen molar-refractivity contribution in [1.29, 1.82) is 0 Å². The lowest BCUT2D eigenvalue weighted by atomic mass is 10.2. The molecule has 90 valence electrons. The van der Waals surface area contributed by atoms with E-state index in [-0.39, 0.29) is 14.1 Å². The molecule has 0 aliphatic heterocycles. The van der Waals surface area contributed by atoms with Gasteiger partial charge in [0, 0.05) is 10.9 Å². The summed E-state index contributed by atoms with van der Waals surface area (Å²) in [6.45, 7) is 3.89. The third-order valence-corrected chi connectivity index (χ3v) is 1.71. The molecule has 0 N–H and O–H groups in total. The Labute approximate surface area is 96.1 Å². The first-order chi connectivity index (χ1) is 5.70. The number of carbonyl (C=O) groups excluding carboxylic acids is 1. The molecule has 0 unspecified atom stereocenters. The SMILES string of the molecule is CCC=O.Cc1ccc(Br)cc1.F.F.F. The van der Waals surface area contributed by atoms with Gasteiger partial charge >= 0.3 is 0 Å². The first-order valence-corrected chi connectivity index (χ1v) is 4.65. The molecule has 0 heterocycles. The van der Waals surface area contributed by atoms with Gasteiger partial charge in [0.25, 0.3) is 0 Å². The Morgan fingerprint density at radius 2 is 1.47 bits per heavy atom. The van der Waals surface area contributed by atoms with Gasteiger partial charge in [0.2, 0.25) is 0 Å². The molecule has 1 nitrogen and oxygen atoms in total. The Kier molecular flexibility index (Phi) is 24.7. The van der Waals surface area contributed by atoms with Crippen LogP contribution in [0.3, 0.4) is 0 Å². The Hall–Kier alpha value is -0.840. The van der Waals surface area contributed by atoms with Crippen LogP contribution in [0.1, 0.15) is 18.9 Å². The Balaban J connectivity index is -0.0000000779. The van der Waals surface area contributed by atoms with Crippen LogP contribution in [0.5, 0.6) is 0 Å².